The van der Waals surface area contributed by atoms with Crippen LogP contribution in [0.2, 0.25) is 0 Å². The van der Waals surface area contributed by atoms with Crippen molar-refractivity contribution in [3.05, 3.63) is 6.20 Å². The van der Waals surface area contributed by atoms with Crippen LogP contribution in [0.4, 0.5) is 5.95 Å². The van der Waals surface area contributed by atoms with Gasteiger partial charge in [-0.2, -0.15) is 10.1 Å². The Bertz CT molecular complexity index is 570. The third-order valence-corrected chi connectivity index (χ3v) is 3.31. The highest BCUT2D eigenvalue weighted by atomic mass is 32.2. The smallest absolute Gasteiger partial charge is 0.240 e. The summed E-state index contributed by atoms with van der Waals surface area (Å²) < 4.78 is 0. The van der Waals surface area contributed by atoms with Crippen LogP contribution in [0.3, 0.4) is 0 Å². The van der Waals surface area contributed by atoms with E-state index in [4.69, 9.17) is 5.84 Å². The third kappa shape index (κ3) is 3.32. The van der Waals surface area contributed by atoms with Crippen LogP contribution in [0.5, 0.6) is 0 Å². The number of rotatable bonds is 6. The highest BCUT2D eigenvalue weighted by Crippen LogP contribution is 2.24. The van der Waals surface area contributed by atoms with E-state index in [9.17, 15) is 4.79 Å². The number of nitrogens with zero attached hydrogens (tertiary/aromatic N) is 3. The molecule has 0 aliphatic heterocycles. The number of carbonyl (C=O) groups is 1. The SMILES string of the molecule is CCCNC(=O)CSc1nc(NN)nc2[nH]ncc12. The van der Waals surface area contributed by atoms with Crippen LogP contribution < -0.4 is 16.6 Å². The lowest BCUT2D eigenvalue weighted by molar-refractivity contribution is -0.118. The fourth-order valence-electron chi connectivity index (χ4n) is 1.43. The van der Waals surface area contributed by atoms with Crippen molar-refractivity contribution in [2.24, 2.45) is 5.84 Å². The standard InChI is InChI=1S/C10H15N7OS/c1-2-3-12-7(18)5-19-9-6-4-13-17-8(6)14-10(15-9)16-11/h4H,2-3,5,11H2,1H3,(H,12,18)(H2,13,14,15,16,17). The number of amides is 1. The van der Waals surface area contributed by atoms with Gasteiger partial charge in [0, 0.05) is 6.54 Å². The topological polar surface area (TPSA) is 122 Å². The maximum Gasteiger partial charge on any atom is 0.240 e. The quantitative estimate of drug-likeness (QED) is 0.259. The Kier molecular flexibility index (Phi) is 4.53. The van der Waals surface area contributed by atoms with Crippen LogP contribution in [-0.4, -0.2) is 38.4 Å². The monoisotopic (exact) mass is 281 g/mol. The molecule has 0 bridgehead atoms. The summed E-state index contributed by atoms with van der Waals surface area (Å²) in [6, 6.07) is 0. The Labute approximate surface area is 113 Å². The molecule has 0 atom stereocenters. The fraction of sp³-hybridized carbons (Fsp3) is 0.400. The Morgan fingerprint density at radius 3 is 3.11 bits per heavy atom. The van der Waals surface area contributed by atoms with Crippen LogP contribution in [0.1, 0.15) is 13.3 Å². The summed E-state index contributed by atoms with van der Waals surface area (Å²) in [5.74, 6) is 5.86. The second kappa shape index (κ2) is 6.34. The normalized spacial score (nSPS) is 10.6. The first kappa shape index (κ1) is 13.6. The van der Waals surface area contributed by atoms with E-state index in [0.29, 0.717) is 23.0 Å². The lowest BCUT2D eigenvalue weighted by atomic mass is 10.4. The highest BCUT2D eigenvalue weighted by molar-refractivity contribution is 8.00. The predicted molar refractivity (Wildman–Crippen MR) is 73.5 cm³/mol. The van der Waals surface area contributed by atoms with E-state index in [-0.39, 0.29) is 11.9 Å². The summed E-state index contributed by atoms with van der Waals surface area (Å²) in [7, 11) is 0. The maximum atomic E-state index is 11.6. The number of aromatic nitrogens is 4. The molecule has 8 nitrogen and oxygen atoms in total. The number of fused-ring (bicyclic) bond motifs is 1. The second-order valence-corrected chi connectivity index (χ2v) is 4.73. The van der Waals surface area contributed by atoms with Crippen molar-refractivity contribution >= 4 is 34.7 Å². The average molecular weight is 281 g/mol. The van der Waals surface area contributed by atoms with E-state index in [1.807, 2.05) is 6.92 Å². The van der Waals surface area contributed by atoms with Crippen LogP contribution in [0, 0.1) is 0 Å². The van der Waals surface area contributed by atoms with E-state index in [2.05, 4.69) is 30.9 Å². The number of hydrogen-bond donors (Lipinski definition) is 4. The molecule has 9 heteroatoms. The van der Waals surface area contributed by atoms with E-state index in [1.165, 1.54) is 11.8 Å². The van der Waals surface area contributed by atoms with Crippen molar-refractivity contribution in [2.45, 2.75) is 18.4 Å². The van der Waals surface area contributed by atoms with Crippen molar-refractivity contribution in [2.75, 3.05) is 17.7 Å². The number of nitrogen functional groups attached to an aromatic ring is 1. The van der Waals surface area contributed by atoms with E-state index in [1.54, 1.807) is 6.20 Å². The molecule has 2 heterocycles. The van der Waals surface area contributed by atoms with Gasteiger partial charge in [-0.25, -0.2) is 10.8 Å². The maximum absolute atomic E-state index is 11.6. The number of thioether (sulfide) groups is 1. The van der Waals surface area contributed by atoms with Gasteiger partial charge in [-0.1, -0.05) is 18.7 Å². The van der Waals surface area contributed by atoms with E-state index < -0.39 is 0 Å². The number of nitrogens with two attached hydrogens (primary N) is 1. The molecule has 5 N–H and O–H groups in total. The van der Waals surface area contributed by atoms with Crippen LogP contribution in [0.15, 0.2) is 11.2 Å². The third-order valence-electron chi connectivity index (χ3n) is 2.32. The number of carbonyl (C=O) groups excluding carboxylic acids is 1. The van der Waals surface area contributed by atoms with Gasteiger partial charge in [-0.3, -0.25) is 15.3 Å². The van der Waals surface area contributed by atoms with E-state index >= 15 is 0 Å². The van der Waals surface area contributed by atoms with Crippen molar-refractivity contribution in [1.29, 1.82) is 0 Å². The molecular weight excluding hydrogens is 266 g/mol. The number of aromatic amines is 1. The molecule has 0 radical (unpaired) electrons. The minimum atomic E-state index is -0.0237. The van der Waals surface area contributed by atoms with Gasteiger partial charge in [0.2, 0.25) is 11.9 Å². The molecule has 19 heavy (non-hydrogen) atoms. The van der Waals surface area contributed by atoms with Crippen LogP contribution >= 0.6 is 11.8 Å². The minimum absolute atomic E-state index is 0.0237. The van der Waals surface area contributed by atoms with Gasteiger partial charge in [0.05, 0.1) is 17.3 Å². The van der Waals surface area contributed by atoms with Crippen molar-refractivity contribution < 1.29 is 4.79 Å². The number of hydrogen-bond acceptors (Lipinski definition) is 7. The van der Waals surface area contributed by atoms with Gasteiger partial charge in [0.1, 0.15) is 5.03 Å². The Morgan fingerprint density at radius 1 is 1.53 bits per heavy atom. The van der Waals surface area contributed by atoms with Crippen LogP contribution in [0.25, 0.3) is 11.0 Å². The van der Waals surface area contributed by atoms with Gasteiger partial charge in [-0.15, -0.1) is 0 Å². The van der Waals surface area contributed by atoms with Gasteiger partial charge in [0.25, 0.3) is 0 Å². The molecule has 0 unspecified atom stereocenters. The molecule has 2 aromatic rings. The van der Waals surface area contributed by atoms with Crippen LogP contribution in [-0.2, 0) is 4.79 Å². The summed E-state index contributed by atoms with van der Waals surface area (Å²) in [4.78, 5) is 19.9. The van der Waals surface area contributed by atoms with Gasteiger partial charge in [-0.05, 0) is 6.42 Å². The molecule has 0 saturated heterocycles. The average Bonchev–Trinajstić information content (AvgIpc) is 2.90. The molecule has 0 aliphatic carbocycles. The molecule has 0 spiro atoms. The largest absolute Gasteiger partial charge is 0.355 e. The first-order chi connectivity index (χ1) is 9.24. The van der Waals surface area contributed by atoms with Gasteiger partial charge >= 0.3 is 0 Å². The van der Waals surface area contributed by atoms with E-state index in [0.717, 1.165) is 11.8 Å². The van der Waals surface area contributed by atoms with Gasteiger partial charge in [0.15, 0.2) is 5.65 Å². The van der Waals surface area contributed by atoms with Crippen molar-refractivity contribution in [1.82, 2.24) is 25.5 Å². The number of nitrogens with one attached hydrogen (secondary N) is 3. The van der Waals surface area contributed by atoms with Crippen molar-refractivity contribution in [3.63, 3.8) is 0 Å². The Balaban J connectivity index is 2.10. The Hall–Kier alpha value is -1.87. The predicted octanol–water partition coefficient (Wildman–Crippen LogP) is 0.257. The minimum Gasteiger partial charge on any atom is -0.355 e. The first-order valence-electron chi connectivity index (χ1n) is 5.81. The molecule has 2 rings (SSSR count). The van der Waals surface area contributed by atoms with Gasteiger partial charge < -0.3 is 5.32 Å². The lowest BCUT2D eigenvalue weighted by Gasteiger charge is -2.05. The first-order valence-corrected chi connectivity index (χ1v) is 6.80. The number of anilines is 1. The number of H-pyrrole nitrogens is 1. The summed E-state index contributed by atoms with van der Waals surface area (Å²) in [6.07, 6.45) is 2.54. The highest BCUT2D eigenvalue weighted by Gasteiger charge is 2.11. The second-order valence-electron chi connectivity index (χ2n) is 3.77. The zero-order valence-corrected chi connectivity index (χ0v) is 11.3. The molecule has 1 amide bonds. The molecule has 0 aliphatic rings. The molecule has 102 valence electrons. The fourth-order valence-corrected chi connectivity index (χ4v) is 2.26. The summed E-state index contributed by atoms with van der Waals surface area (Å²) in [5.41, 5.74) is 2.97. The summed E-state index contributed by atoms with van der Waals surface area (Å²) in [5, 5.41) is 10.9. The summed E-state index contributed by atoms with van der Waals surface area (Å²) >= 11 is 1.32. The number of hydrazine groups is 1. The lowest BCUT2D eigenvalue weighted by Crippen LogP contribution is -2.25. The molecule has 0 aromatic carbocycles. The molecule has 2 aromatic heterocycles. The molecule has 0 fully saturated rings. The molecule has 0 saturated carbocycles. The zero-order valence-electron chi connectivity index (χ0n) is 10.4. The van der Waals surface area contributed by atoms with Crippen molar-refractivity contribution in [3.8, 4) is 0 Å². The summed E-state index contributed by atoms with van der Waals surface area (Å²) in [6.45, 7) is 2.69. The molecular formula is C10H15N7OS. The Morgan fingerprint density at radius 2 is 2.37 bits per heavy atom. The zero-order chi connectivity index (χ0) is 13.7.